The zero-order valence-corrected chi connectivity index (χ0v) is 11.5. The van der Waals surface area contributed by atoms with Crippen molar-refractivity contribution in [3.63, 3.8) is 0 Å². The number of carbonyl (C=O) groups is 1. The first-order chi connectivity index (χ1) is 11.0. The van der Waals surface area contributed by atoms with Gasteiger partial charge < -0.3 is 9.63 Å². The molecule has 0 amide bonds. The van der Waals surface area contributed by atoms with Gasteiger partial charge in [-0.05, 0) is 24.3 Å². The topological polar surface area (TPSA) is 119 Å². The molecule has 122 valence electrons. The third-order valence-electron chi connectivity index (χ3n) is 3.12. The first-order valence-corrected chi connectivity index (χ1v) is 6.47. The number of benzene rings is 2. The average Bonchev–Trinajstić information content (AvgIpc) is 3.05. The van der Waals surface area contributed by atoms with E-state index < -0.39 is 10.9 Å². The Morgan fingerprint density at radius 2 is 1.83 bits per heavy atom. The van der Waals surface area contributed by atoms with Crippen molar-refractivity contribution in [2.24, 2.45) is 0 Å². The van der Waals surface area contributed by atoms with E-state index in [0.29, 0.717) is 11.1 Å². The van der Waals surface area contributed by atoms with Crippen molar-refractivity contribution < 1.29 is 19.3 Å². The molecule has 1 aromatic heterocycles. The monoisotopic (exact) mass is 327 g/mol. The lowest BCUT2D eigenvalue weighted by molar-refractivity contribution is -0.384. The minimum absolute atomic E-state index is 0. The van der Waals surface area contributed by atoms with Crippen molar-refractivity contribution in [2.45, 2.75) is 7.43 Å². The van der Waals surface area contributed by atoms with E-state index in [1.165, 1.54) is 36.4 Å². The molecule has 0 radical (unpaired) electrons. The zero-order valence-electron chi connectivity index (χ0n) is 11.5. The molecule has 1 heterocycles. The van der Waals surface area contributed by atoms with Crippen molar-refractivity contribution in [1.29, 1.82) is 0 Å². The smallest absolute Gasteiger partial charge is 0.335 e. The third kappa shape index (κ3) is 3.27. The predicted molar refractivity (Wildman–Crippen MR) is 85.5 cm³/mol. The third-order valence-corrected chi connectivity index (χ3v) is 3.12. The fourth-order valence-electron chi connectivity index (χ4n) is 1.98. The molecule has 0 spiro atoms. The highest BCUT2D eigenvalue weighted by atomic mass is 16.6. The van der Waals surface area contributed by atoms with E-state index in [1.54, 1.807) is 12.1 Å². The second-order valence-corrected chi connectivity index (χ2v) is 4.61. The Hall–Kier alpha value is -3.55. The number of nitro benzene ring substituents is 1. The van der Waals surface area contributed by atoms with Crippen LogP contribution in [0.5, 0.6) is 0 Å². The Bertz CT molecular complexity index is 887. The summed E-state index contributed by atoms with van der Waals surface area (Å²) in [4.78, 5) is 25.3. The lowest BCUT2D eigenvalue weighted by atomic mass is 10.1. The van der Waals surface area contributed by atoms with Crippen LogP contribution in [0.15, 0.2) is 53.1 Å². The Morgan fingerprint density at radius 3 is 2.46 bits per heavy atom. The maximum absolute atomic E-state index is 11.0. The number of hydrogen-bond donors (Lipinski definition) is 1. The van der Waals surface area contributed by atoms with Crippen LogP contribution in [-0.4, -0.2) is 26.1 Å². The number of aromatic carboxylic acids is 1. The number of rotatable bonds is 4. The summed E-state index contributed by atoms with van der Waals surface area (Å²) in [6.07, 6.45) is 0. The van der Waals surface area contributed by atoms with E-state index in [2.05, 4.69) is 10.1 Å². The van der Waals surface area contributed by atoms with E-state index >= 15 is 0 Å². The molecule has 3 rings (SSSR count). The molecule has 0 aliphatic heterocycles. The molecule has 0 bridgehead atoms. The van der Waals surface area contributed by atoms with Crippen molar-refractivity contribution >= 4 is 11.7 Å². The number of nitrogens with zero attached hydrogens (tertiary/aromatic N) is 3. The minimum atomic E-state index is -1.05. The van der Waals surface area contributed by atoms with Gasteiger partial charge in [-0.1, -0.05) is 24.7 Å². The number of non-ortho nitro benzene ring substituents is 1. The van der Waals surface area contributed by atoms with Crippen LogP contribution in [0.1, 0.15) is 17.8 Å². The summed E-state index contributed by atoms with van der Waals surface area (Å²) in [5.74, 6) is -0.622. The van der Waals surface area contributed by atoms with Gasteiger partial charge in [0.1, 0.15) is 0 Å². The molecule has 0 saturated heterocycles. The van der Waals surface area contributed by atoms with Crippen LogP contribution in [0.2, 0.25) is 0 Å². The van der Waals surface area contributed by atoms with E-state index in [0.717, 1.165) is 0 Å². The Balaban J connectivity index is 0.00000208. The average molecular weight is 327 g/mol. The van der Waals surface area contributed by atoms with Crippen molar-refractivity contribution in [2.75, 3.05) is 0 Å². The molecular weight excluding hydrogens is 314 g/mol. The van der Waals surface area contributed by atoms with Crippen molar-refractivity contribution in [3.8, 4) is 22.8 Å². The van der Waals surface area contributed by atoms with E-state index in [-0.39, 0.29) is 30.4 Å². The van der Waals surface area contributed by atoms with Gasteiger partial charge in [0, 0.05) is 23.3 Å². The molecule has 1 N–H and O–H groups in total. The highest BCUT2D eigenvalue weighted by Crippen LogP contribution is 2.24. The molecule has 3 aromatic rings. The van der Waals surface area contributed by atoms with Gasteiger partial charge in [-0.3, -0.25) is 10.1 Å². The molecule has 24 heavy (non-hydrogen) atoms. The quantitative estimate of drug-likeness (QED) is 0.573. The molecule has 0 aliphatic rings. The summed E-state index contributed by atoms with van der Waals surface area (Å²) in [5, 5.41) is 23.4. The first kappa shape index (κ1) is 16.8. The number of carboxylic acids is 1. The van der Waals surface area contributed by atoms with Crippen LogP contribution in [0, 0.1) is 10.1 Å². The summed E-state index contributed by atoms with van der Waals surface area (Å²) in [5.41, 5.74) is 1.11. The van der Waals surface area contributed by atoms with Gasteiger partial charge in [0.15, 0.2) is 0 Å². The van der Waals surface area contributed by atoms with E-state index in [4.69, 9.17) is 9.63 Å². The number of carboxylic acid groups (broad SMARTS) is 1. The first-order valence-electron chi connectivity index (χ1n) is 6.47. The summed E-state index contributed by atoms with van der Waals surface area (Å²) >= 11 is 0. The molecule has 0 fully saturated rings. The predicted octanol–water partition coefficient (Wildman–Crippen LogP) is 3.65. The number of hydrogen-bond acceptors (Lipinski definition) is 6. The zero-order chi connectivity index (χ0) is 16.4. The number of nitro groups is 1. The molecule has 8 heteroatoms. The van der Waals surface area contributed by atoms with Crippen molar-refractivity contribution in [1.82, 2.24) is 10.1 Å². The maximum atomic E-state index is 11.0. The molecule has 0 aliphatic carbocycles. The Kier molecular flexibility index (Phi) is 4.69. The molecule has 0 unspecified atom stereocenters. The van der Waals surface area contributed by atoms with Gasteiger partial charge in [-0.2, -0.15) is 4.98 Å². The standard InChI is InChI=1S/C15H9N3O5.CH4/c19-15(20)11-3-1-2-10(8-11)13-16-14(23-17-13)9-4-6-12(7-5-9)18(21)22;/h1-8H,(H,19,20);1H4. The second kappa shape index (κ2) is 6.69. The van der Waals surface area contributed by atoms with Gasteiger partial charge in [-0.15, -0.1) is 0 Å². The van der Waals surface area contributed by atoms with Crippen molar-refractivity contribution in [3.05, 3.63) is 64.2 Å². The fraction of sp³-hybridized carbons (Fsp3) is 0.0625. The van der Waals surface area contributed by atoms with Crippen LogP contribution in [0.25, 0.3) is 22.8 Å². The SMILES string of the molecule is C.O=C(O)c1cccc(-c2noc(-c3ccc([N+](=O)[O-])cc3)n2)c1. The second-order valence-electron chi connectivity index (χ2n) is 4.61. The minimum Gasteiger partial charge on any atom is -0.478 e. The van der Waals surface area contributed by atoms with Gasteiger partial charge >= 0.3 is 5.97 Å². The normalized spacial score (nSPS) is 10.0. The van der Waals surface area contributed by atoms with Crippen LogP contribution in [0.3, 0.4) is 0 Å². The molecule has 0 atom stereocenters. The Labute approximate surface area is 136 Å². The van der Waals surface area contributed by atoms with E-state index in [1.807, 2.05) is 0 Å². The molecule has 2 aromatic carbocycles. The fourth-order valence-corrected chi connectivity index (χ4v) is 1.98. The highest BCUT2D eigenvalue weighted by molar-refractivity contribution is 5.89. The molecule has 0 saturated carbocycles. The molecule has 8 nitrogen and oxygen atoms in total. The lowest BCUT2D eigenvalue weighted by Gasteiger charge is -1.97. The largest absolute Gasteiger partial charge is 0.478 e. The van der Waals surface area contributed by atoms with Crippen LogP contribution >= 0.6 is 0 Å². The van der Waals surface area contributed by atoms with Crippen LogP contribution in [0.4, 0.5) is 5.69 Å². The maximum Gasteiger partial charge on any atom is 0.335 e. The summed E-state index contributed by atoms with van der Waals surface area (Å²) in [6, 6.07) is 11.8. The van der Waals surface area contributed by atoms with E-state index in [9.17, 15) is 14.9 Å². The summed E-state index contributed by atoms with van der Waals surface area (Å²) in [7, 11) is 0. The van der Waals surface area contributed by atoms with Crippen LogP contribution in [-0.2, 0) is 0 Å². The molecular formula is C16H13N3O5. The number of aromatic nitrogens is 2. The highest BCUT2D eigenvalue weighted by Gasteiger charge is 2.13. The lowest BCUT2D eigenvalue weighted by Crippen LogP contribution is -1.96. The summed E-state index contributed by atoms with van der Waals surface area (Å²) < 4.78 is 5.13. The summed E-state index contributed by atoms with van der Waals surface area (Å²) in [6.45, 7) is 0. The van der Waals surface area contributed by atoms with Crippen LogP contribution < -0.4 is 0 Å². The Morgan fingerprint density at radius 1 is 1.12 bits per heavy atom. The van der Waals surface area contributed by atoms with Gasteiger partial charge in [-0.25, -0.2) is 4.79 Å². The van der Waals surface area contributed by atoms with Gasteiger partial charge in [0.2, 0.25) is 5.82 Å². The van der Waals surface area contributed by atoms with Gasteiger partial charge in [0.25, 0.3) is 11.6 Å². The van der Waals surface area contributed by atoms with Gasteiger partial charge in [0.05, 0.1) is 10.5 Å².